The fourth-order valence-electron chi connectivity index (χ4n) is 1.46. The number of hydrogen-bond donors (Lipinski definition) is 2. The molecule has 0 saturated carbocycles. The second kappa shape index (κ2) is 5.47. The van der Waals surface area contributed by atoms with Gasteiger partial charge in [0.2, 0.25) is 0 Å². The molecule has 0 fully saturated rings. The maximum Gasteiger partial charge on any atom is 0.260 e. The monoisotopic (exact) mass is 283 g/mol. The van der Waals surface area contributed by atoms with E-state index in [0.717, 1.165) is 4.88 Å². The Morgan fingerprint density at radius 2 is 2.17 bits per heavy atom. The number of nitrogens with one attached hydrogen (secondary N) is 1. The molecule has 3 N–H and O–H groups in total. The topological polar surface area (TPSA) is 85.1 Å². The first-order chi connectivity index (χ1) is 8.59. The summed E-state index contributed by atoms with van der Waals surface area (Å²) in [6.45, 7) is 0.332. The molecular weight excluding hydrogens is 270 g/mol. The molecule has 18 heavy (non-hydrogen) atoms. The minimum atomic E-state index is -3.63. The summed E-state index contributed by atoms with van der Waals surface area (Å²) in [4.78, 5) is 4.92. The molecule has 0 aliphatic rings. The number of sulfonamides is 1. The summed E-state index contributed by atoms with van der Waals surface area (Å²) in [5.41, 5.74) is 5.75. The van der Waals surface area contributed by atoms with Crippen molar-refractivity contribution in [3.63, 3.8) is 0 Å². The zero-order valence-corrected chi connectivity index (χ0v) is 11.2. The van der Waals surface area contributed by atoms with E-state index in [2.05, 4.69) is 9.71 Å². The van der Waals surface area contributed by atoms with Crippen molar-refractivity contribution in [3.05, 3.63) is 40.7 Å². The van der Waals surface area contributed by atoms with Crippen LogP contribution < -0.4 is 10.5 Å². The summed E-state index contributed by atoms with van der Waals surface area (Å²) in [5, 5.41) is 1.84. The Morgan fingerprint density at radius 3 is 2.83 bits per heavy atom. The standard InChI is InChI=1S/C11H13N3O2S2/c12-10-4-1-6-13-11(10)18(15,16)14-7-5-9-3-2-8-17-9/h1-4,6,8,14H,5,7,12H2. The molecule has 0 bridgehead atoms. The van der Waals surface area contributed by atoms with Gasteiger partial charge in [-0.1, -0.05) is 6.07 Å². The normalized spacial score (nSPS) is 11.6. The molecule has 0 saturated heterocycles. The van der Waals surface area contributed by atoms with Crippen LogP contribution in [0.2, 0.25) is 0 Å². The molecular formula is C11H13N3O2S2. The molecule has 0 amide bonds. The van der Waals surface area contributed by atoms with Gasteiger partial charge in [0, 0.05) is 17.6 Å². The van der Waals surface area contributed by atoms with Crippen molar-refractivity contribution >= 4 is 27.0 Å². The van der Waals surface area contributed by atoms with E-state index in [4.69, 9.17) is 5.73 Å². The van der Waals surface area contributed by atoms with Crippen molar-refractivity contribution in [2.75, 3.05) is 12.3 Å². The number of thiophene rings is 1. The third-order valence-electron chi connectivity index (χ3n) is 2.30. The molecule has 0 aromatic carbocycles. The van der Waals surface area contributed by atoms with Gasteiger partial charge < -0.3 is 5.73 Å². The third-order valence-corrected chi connectivity index (χ3v) is 4.67. The Bertz CT molecular complexity index is 609. The van der Waals surface area contributed by atoms with Crippen LogP contribution in [0.1, 0.15) is 4.88 Å². The summed E-state index contributed by atoms with van der Waals surface area (Å²) < 4.78 is 26.4. The van der Waals surface area contributed by atoms with E-state index < -0.39 is 10.0 Å². The minimum Gasteiger partial charge on any atom is -0.396 e. The first kappa shape index (κ1) is 13.0. The van der Waals surface area contributed by atoms with Crippen molar-refractivity contribution in [3.8, 4) is 0 Å². The number of nitrogens with two attached hydrogens (primary N) is 1. The Hall–Kier alpha value is -1.44. The van der Waals surface area contributed by atoms with Gasteiger partial charge in [0.25, 0.3) is 10.0 Å². The maximum absolute atomic E-state index is 11.9. The van der Waals surface area contributed by atoms with Crippen LogP contribution in [0, 0.1) is 0 Å². The van der Waals surface area contributed by atoms with Gasteiger partial charge in [-0.3, -0.25) is 0 Å². The summed E-state index contributed by atoms with van der Waals surface area (Å²) in [5.74, 6) is 0. The first-order valence-electron chi connectivity index (χ1n) is 5.32. The zero-order valence-electron chi connectivity index (χ0n) is 9.54. The fraction of sp³-hybridized carbons (Fsp3) is 0.182. The van der Waals surface area contributed by atoms with Crippen molar-refractivity contribution in [1.29, 1.82) is 0 Å². The van der Waals surface area contributed by atoms with Gasteiger partial charge >= 0.3 is 0 Å². The van der Waals surface area contributed by atoms with E-state index in [1.54, 1.807) is 17.4 Å². The van der Waals surface area contributed by atoms with Crippen molar-refractivity contribution in [2.45, 2.75) is 11.4 Å². The average Bonchev–Trinajstić information content (AvgIpc) is 2.82. The smallest absolute Gasteiger partial charge is 0.260 e. The van der Waals surface area contributed by atoms with E-state index in [1.165, 1.54) is 12.3 Å². The number of nitrogen functional groups attached to an aromatic ring is 1. The molecule has 0 atom stereocenters. The van der Waals surface area contributed by atoms with Crippen LogP contribution in [0.25, 0.3) is 0 Å². The largest absolute Gasteiger partial charge is 0.396 e. The SMILES string of the molecule is Nc1cccnc1S(=O)(=O)NCCc1cccs1. The number of nitrogens with zero attached hydrogens (tertiary/aromatic N) is 1. The maximum atomic E-state index is 11.9. The number of anilines is 1. The van der Waals surface area contributed by atoms with Gasteiger partial charge in [-0.15, -0.1) is 11.3 Å². The predicted octanol–water partition coefficient (Wildman–Crippen LogP) is 1.25. The van der Waals surface area contributed by atoms with Crippen LogP contribution in [-0.2, 0) is 16.4 Å². The molecule has 0 unspecified atom stereocenters. The summed E-state index contributed by atoms with van der Waals surface area (Å²) in [7, 11) is -3.63. The van der Waals surface area contributed by atoms with E-state index in [1.807, 2.05) is 17.5 Å². The molecule has 96 valence electrons. The van der Waals surface area contributed by atoms with Crippen LogP contribution in [0.3, 0.4) is 0 Å². The lowest BCUT2D eigenvalue weighted by Gasteiger charge is -2.07. The highest BCUT2D eigenvalue weighted by Crippen LogP contribution is 2.14. The van der Waals surface area contributed by atoms with Crippen LogP contribution in [-0.4, -0.2) is 19.9 Å². The van der Waals surface area contributed by atoms with E-state index in [9.17, 15) is 8.42 Å². The van der Waals surface area contributed by atoms with Crippen molar-refractivity contribution in [2.24, 2.45) is 0 Å². The molecule has 0 aliphatic carbocycles. The van der Waals surface area contributed by atoms with E-state index in [0.29, 0.717) is 13.0 Å². The molecule has 2 aromatic rings. The van der Waals surface area contributed by atoms with Crippen molar-refractivity contribution in [1.82, 2.24) is 9.71 Å². The molecule has 0 spiro atoms. The fourth-order valence-corrected chi connectivity index (χ4v) is 3.25. The van der Waals surface area contributed by atoms with Crippen LogP contribution >= 0.6 is 11.3 Å². The van der Waals surface area contributed by atoms with Crippen LogP contribution in [0.4, 0.5) is 5.69 Å². The number of pyridine rings is 1. The quantitative estimate of drug-likeness (QED) is 0.864. The summed E-state index contributed by atoms with van der Waals surface area (Å²) >= 11 is 1.60. The Labute approximate surface area is 110 Å². The lowest BCUT2D eigenvalue weighted by atomic mass is 10.3. The second-order valence-electron chi connectivity index (χ2n) is 3.62. The van der Waals surface area contributed by atoms with Crippen LogP contribution in [0.15, 0.2) is 40.9 Å². The van der Waals surface area contributed by atoms with Gasteiger partial charge in [0.1, 0.15) is 0 Å². The van der Waals surface area contributed by atoms with Crippen molar-refractivity contribution < 1.29 is 8.42 Å². The number of hydrogen-bond acceptors (Lipinski definition) is 5. The lowest BCUT2D eigenvalue weighted by Crippen LogP contribution is -2.27. The van der Waals surface area contributed by atoms with Gasteiger partial charge in [-0.05, 0) is 30.0 Å². The Kier molecular flexibility index (Phi) is 3.95. The van der Waals surface area contributed by atoms with Gasteiger partial charge in [-0.25, -0.2) is 18.1 Å². The highest BCUT2D eigenvalue weighted by molar-refractivity contribution is 7.89. The Balaban J connectivity index is 2.02. The van der Waals surface area contributed by atoms with E-state index in [-0.39, 0.29) is 10.7 Å². The molecule has 0 radical (unpaired) electrons. The van der Waals surface area contributed by atoms with Gasteiger partial charge in [0.15, 0.2) is 5.03 Å². The minimum absolute atomic E-state index is 0.115. The van der Waals surface area contributed by atoms with E-state index >= 15 is 0 Å². The predicted molar refractivity (Wildman–Crippen MR) is 71.9 cm³/mol. The third kappa shape index (κ3) is 3.06. The molecule has 0 aliphatic heterocycles. The lowest BCUT2D eigenvalue weighted by molar-refractivity contribution is 0.578. The molecule has 2 rings (SSSR count). The molecule has 2 aromatic heterocycles. The van der Waals surface area contributed by atoms with Gasteiger partial charge in [0.05, 0.1) is 5.69 Å². The summed E-state index contributed by atoms with van der Waals surface area (Å²) in [6, 6.07) is 7.01. The molecule has 2 heterocycles. The molecule has 7 heteroatoms. The number of rotatable bonds is 5. The number of aromatic nitrogens is 1. The first-order valence-corrected chi connectivity index (χ1v) is 7.68. The van der Waals surface area contributed by atoms with Gasteiger partial charge in [-0.2, -0.15) is 0 Å². The average molecular weight is 283 g/mol. The summed E-state index contributed by atoms with van der Waals surface area (Å²) in [6.07, 6.45) is 2.06. The highest BCUT2D eigenvalue weighted by Gasteiger charge is 2.17. The second-order valence-corrected chi connectivity index (χ2v) is 6.34. The highest BCUT2D eigenvalue weighted by atomic mass is 32.2. The Morgan fingerprint density at radius 1 is 1.33 bits per heavy atom. The van der Waals surface area contributed by atoms with Crippen LogP contribution in [0.5, 0.6) is 0 Å². The molecule has 5 nitrogen and oxygen atoms in total. The zero-order chi connectivity index (χ0) is 13.0.